The minimum Gasteiger partial charge on any atom is -0.497 e. The molecule has 1 aromatic carbocycles. The number of nitrogens with zero attached hydrogens (tertiary/aromatic N) is 1. The first-order valence-electron chi connectivity index (χ1n) is 5.33. The molecule has 5 nitrogen and oxygen atoms in total. The van der Waals surface area contributed by atoms with Crippen molar-refractivity contribution in [2.24, 2.45) is 0 Å². The number of halogens is 1. The second kappa shape index (κ2) is 4.93. The zero-order valence-electron chi connectivity index (χ0n) is 9.96. The fraction of sp³-hybridized carbons (Fsp3) is 0.0769. The predicted molar refractivity (Wildman–Crippen MR) is 65.5 cm³/mol. The molecule has 2 aromatic rings. The number of benzene rings is 1. The molecule has 0 unspecified atom stereocenters. The van der Waals surface area contributed by atoms with Crippen molar-refractivity contribution in [2.75, 3.05) is 7.11 Å². The van der Waals surface area contributed by atoms with Crippen LogP contribution in [0.3, 0.4) is 0 Å². The molecule has 0 fully saturated rings. The maximum Gasteiger partial charge on any atom is 0.337 e. The van der Waals surface area contributed by atoms with Gasteiger partial charge in [0.05, 0.1) is 18.4 Å². The molecular weight excluding hydrogens is 253 g/mol. The van der Waals surface area contributed by atoms with Crippen LogP contribution in [0.2, 0.25) is 0 Å². The maximum absolute atomic E-state index is 13.7. The average molecular weight is 263 g/mol. The summed E-state index contributed by atoms with van der Waals surface area (Å²) in [4.78, 5) is 22.6. The SMILES string of the molecule is COc1ccc(F)c(-n2cc(C(=O)O)ccc2=O)c1. The molecule has 0 aliphatic heterocycles. The Bertz CT molecular complexity index is 693. The van der Waals surface area contributed by atoms with E-state index in [0.29, 0.717) is 5.75 Å². The lowest BCUT2D eigenvalue weighted by Gasteiger charge is -2.09. The summed E-state index contributed by atoms with van der Waals surface area (Å²) in [7, 11) is 1.41. The van der Waals surface area contributed by atoms with Crippen LogP contribution in [0.1, 0.15) is 10.4 Å². The fourth-order valence-electron chi connectivity index (χ4n) is 1.61. The van der Waals surface area contributed by atoms with Crippen molar-refractivity contribution in [1.82, 2.24) is 4.57 Å². The summed E-state index contributed by atoms with van der Waals surface area (Å²) >= 11 is 0. The normalized spacial score (nSPS) is 10.2. The van der Waals surface area contributed by atoms with Crippen molar-refractivity contribution in [1.29, 1.82) is 0 Å². The molecular formula is C13H10FNO4. The molecule has 2 rings (SSSR count). The second-order valence-corrected chi connectivity index (χ2v) is 3.75. The number of carboxylic acid groups (broad SMARTS) is 1. The molecule has 1 N–H and O–H groups in total. The van der Waals surface area contributed by atoms with E-state index in [9.17, 15) is 14.0 Å². The molecule has 0 aliphatic carbocycles. The van der Waals surface area contributed by atoms with Crippen LogP contribution in [0.4, 0.5) is 4.39 Å². The topological polar surface area (TPSA) is 68.5 Å². The number of methoxy groups -OCH3 is 1. The quantitative estimate of drug-likeness (QED) is 0.914. The summed E-state index contributed by atoms with van der Waals surface area (Å²) in [6.45, 7) is 0. The molecule has 98 valence electrons. The molecule has 0 bridgehead atoms. The highest BCUT2D eigenvalue weighted by Gasteiger charge is 2.11. The molecule has 0 aliphatic rings. The lowest BCUT2D eigenvalue weighted by atomic mass is 10.2. The van der Waals surface area contributed by atoms with Crippen LogP contribution >= 0.6 is 0 Å². The third-order valence-corrected chi connectivity index (χ3v) is 2.57. The van der Waals surface area contributed by atoms with Gasteiger partial charge in [-0.2, -0.15) is 0 Å². The Morgan fingerprint density at radius 1 is 1.32 bits per heavy atom. The van der Waals surface area contributed by atoms with E-state index in [2.05, 4.69) is 0 Å². The molecule has 6 heteroatoms. The van der Waals surface area contributed by atoms with Crippen molar-refractivity contribution in [3.63, 3.8) is 0 Å². The van der Waals surface area contributed by atoms with Gasteiger partial charge in [-0.05, 0) is 18.2 Å². The van der Waals surface area contributed by atoms with Gasteiger partial charge >= 0.3 is 5.97 Å². The number of rotatable bonds is 3. The van der Waals surface area contributed by atoms with Gasteiger partial charge in [0.25, 0.3) is 5.56 Å². The summed E-state index contributed by atoms with van der Waals surface area (Å²) in [5, 5.41) is 8.88. The second-order valence-electron chi connectivity index (χ2n) is 3.75. The predicted octanol–water partition coefficient (Wildman–Crippen LogP) is 1.68. The highest BCUT2D eigenvalue weighted by atomic mass is 19.1. The first kappa shape index (κ1) is 12.8. The fourth-order valence-corrected chi connectivity index (χ4v) is 1.61. The average Bonchev–Trinajstić information content (AvgIpc) is 2.40. The summed E-state index contributed by atoms with van der Waals surface area (Å²) in [6.07, 6.45) is 1.07. The number of aromatic nitrogens is 1. The lowest BCUT2D eigenvalue weighted by Crippen LogP contribution is -2.19. The monoisotopic (exact) mass is 263 g/mol. The van der Waals surface area contributed by atoms with Crippen molar-refractivity contribution < 1.29 is 19.0 Å². The van der Waals surface area contributed by atoms with Gasteiger partial charge in [-0.15, -0.1) is 0 Å². The third-order valence-electron chi connectivity index (χ3n) is 2.57. The minimum atomic E-state index is -1.20. The molecule has 0 radical (unpaired) electrons. The van der Waals surface area contributed by atoms with Crippen molar-refractivity contribution in [2.45, 2.75) is 0 Å². The van der Waals surface area contributed by atoms with Crippen LogP contribution in [0.5, 0.6) is 5.75 Å². The number of ether oxygens (including phenoxy) is 1. The Morgan fingerprint density at radius 3 is 2.68 bits per heavy atom. The Kier molecular flexibility index (Phi) is 3.33. The van der Waals surface area contributed by atoms with Gasteiger partial charge in [-0.3, -0.25) is 9.36 Å². The van der Waals surface area contributed by atoms with Crippen molar-refractivity contribution in [3.8, 4) is 11.4 Å². The zero-order valence-corrected chi connectivity index (χ0v) is 9.96. The largest absolute Gasteiger partial charge is 0.497 e. The summed E-state index contributed by atoms with van der Waals surface area (Å²) < 4.78 is 19.6. The van der Waals surface area contributed by atoms with Crippen LogP contribution in [0.15, 0.2) is 41.3 Å². The van der Waals surface area contributed by atoms with E-state index in [1.54, 1.807) is 0 Å². The van der Waals surface area contributed by atoms with E-state index in [1.807, 2.05) is 0 Å². The maximum atomic E-state index is 13.7. The van der Waals surface area contributed by atoms with Gasteiger partial charge in [0, 0.05) is 18.3 Å². The Hall–Kier alpha value is -2.63. The molecule has 0 atom stereocenters. The standard InChI is InChI=1S/C13H10FNO4/c1-19-9-3-4-10(14)11(6-9)15-7-8(13(17)18)2-5-12(15)16/h2-7H,1H3,(H,17,18). The number of aromatic carboxylic acids is 1. The smallest absolute Gasteiger partial charge is 0.337 e. The minimum absolute atomic E-state index is 0.0625. The molecule has 0 saturated carbocycles. The highest BCUT2D eigenvalue weighted by molar-refractivity contribution is 5.87. The molecule has 1 aromatic heterocycles. The lowest BCUT2D eigenvalue weighted by molar-refractivity contribution is 0.0696. The number of hydrogen-bond acceptors (Lipinski definition) is 3. The molecule has 0 spiro atoms. The van der Waals surface area contributed by atoms with Crippen LogP contribution < -0.4 is 10.3 Å². The summed E-state index contributed by atoms with van der Waals surface area (Å²) in [5.74, 6) is -1.48. The Labute approximate surface area is 107 Å². The number of pyridine rings is 1. The third kappa shape index (κ3) is 2.47. The molecule has 19 heavy (non-hydrogen) atoms. The first-order valence-corrected chi connectivity index (χ1v) is 5.33. The zero-order chi connectivity index (χ0) is 14.0. The van der Waals surface area contributed by atoms with Gasteiger partial charge in [-0.25, -0.2) is 9.18 Å². The van der Waals surface area contributed by atoms with E-state index in [1.165, 1.54) is 25.3 Å². The summed E-state index contributed by atoms with van der Waals surface area (Å²) in [6, 6.07) is 6.11. The Morgan fingerprint density at radius 2 is 2.05 bits per heavy atom. The van der Waals surface area contributed by atoms with Crippen molar-refractivity contribution >= 4 is 5.97 Å². The Balaban J connectivity index is 2.67. The van der Waals surface area contributed by atoms with E-state index in [-0.39, 0.29) is 11.3 Å². The first-order chi connectivity index (χ1) is 9.02. The van der Waals surface area contributed by atoms with Gasteiger partial charge < -0.3 is 9.84 Å². The molecule has 0 amide bonds. The molecule has 1 heterocycles. The molecule has 0 saturated heterocycles. The highest BCUT2D eigenvalue weighted by Crippen LogP contribution is 2.19. The number of hydrogen-bond donors (Lipinski definition) is 1. The van der Waals surface area contributed by atoms with Gasteiger partial charge in [0.2, 0.25) is 0 Å². The van der Waals surface area contributed by atoms with E-state index in [4.69, 9.17) is 9.84 Å². The summed E-state index contributed by atoms with van der Waals surface area (Å²) in [5.41, 5.74) is -0.702. The number of carbonyl (C=O) groups is 1. The van der Waals surface area contributed by atoms with Crippen LogP contribution in [0.25, 0.3) is 5.69 Å². The van der Waals surface area contributed by atoms with Gasteiger partial charge in [-0.1, -0.05) is 0 Å². The van der Waals surface area contributed by atoms with E-state index >= 15 is 0 Å². The number of carboxylic acids is 1. The van der Waals surface area contributed by atoms with Gasteiger partial charge in [0.1, 0.15) is 11.6 Å². The van der Waals surface area contributed by atoms with Crippen LogP contribution in [-0.4, -0.2) is 22.8 Å². The van der Waals surface area contributed by atoms with Crippen LogP contribution in [0, 0.1) is 5.82 Å². The van der Waals surface area contributed by atoms with Crippen LogP contribution in [-0.2, 0) is 0 Å². The van der Waals surface area contributed by atoms with Crippen molar-refractivity contribution in [3.05, 3.63) is 58.3 Å². The van der Waals surface area contributed by atoms with Gasteiger partial charge in [0.15, 0.2) is 0 Å². The van der Waals surface area contributed by atoms with E-state index in [0.717, 1.165) is 22.9 Å². The van der Waals surface area contributed by atoms with E-state index < -0.39 is 17.3 Å².